The summed E-state index contributed by atoms with van der Waals surface area (Å²) in [5, 5.41) is 10.7. The van der Waals surface area contributed by atoms with E-state index in [-0.39, 0.29) is 24.0 Å². The Morgan fingerprint density at radius 2 is 1.95 bits per heavy atom. The second kappa shape index (κ2) is 8.66. The summed E-state index contributed by atoms with van der Waals surface area (Å²) >= 11 is 0. The van der Waals surface area contributed by atoms with Gasteiger partial charge in [0.05, 0.1) is 6.20 Å². The lowest BCUT2D eigenvalue weighted by molar-refractivity contribution is 0.764. The molecule has 114 valence electrons. The number of benzene rings is 1. The molecule has 2 aromatic rings. The fourth-order valence-electron chi connectivity index (χ4n) is 1.96. The number of guanidine groups is 1. The first kappa shape index (κ1) is 17.5. The zero-order valence-electron chi connectivity index (χ0n) is 12.6. The highest BCUT2D eigenvalue weighted by molar-refractivity contribution is 14.0. The van der Waals surface area contributed by atoms with E-state index in [1.54, 1.807) is 11.7 Å². The monoisotopic (exact) mass is 399 g/mol. The molecule has 0 saturated heterocycles. The third-order valence-electron chi connectivity index (χ3n) is 3.15. The lowest BCUT2D eigenvalue weighted by Gasteiger charge is -2.12. The molecule has 0 fully saturated rings. The van der Waals surface area contributed by atoms with E-state index in [1.165, 1.54) is 11.1 Å². The zero-order chi connectivity index (χ0) is 14.4. The van der Waals surface area contributed by atoms with Crippen molar-refractivity contribution in [1.29, 1.82) is 0 Å². The Labute approximate surface area is 142 Å². The summed E-state index contributed by atoms with van der Waals surface area (Å²) in [5.41, 5.74) is 3.69. The van der Waals surface area contributed by atoms with Crippen LogP contribution in [0.2, 0.25) is 0 Å². The number of hydrogen-bond acceptors (Lipinski definition) is 2. The summed E-state index contributed by atoms with van der Waals surface area (Å²) in [6.45, 7) is 3.59. The van der Waals surface area contributed by atoms with Gasteiger partial charge in [-0.05, 0) is 18.1 Å². The molecular formula is C15H22IN5. The molecule has 0 aliphatic rings. The summed E-state index contributed by atoms with van der Waals surface area (Å²) in [7, 11) is 3.69. The fraction of sp³-hybridized carbons (Fsp3) is 0.333. The minimum Gasteiger partial charge on any atom is -0.352 e. The number of nitrogens with zero attached hydrogens (tertiary/aromatic N) is 3. The van der Waals surface area contributed by atoms with E-state index in [4.69, 9.17) is 0 Å². The van der Waals surface area contributed by atoms with E-state index in [0.717, 1.165) is 18.1 Å². The van der Waals surface area contributed by atoms with Gasteiger partial charge in [-0.25, -0.2) is 0 Å². The highest BCUT2D eigenvalue weighted by Crippen LogP contribution is 2.05. The fourth-order valence-corrected chi connectivity index (χ4v) is 1.96. The molecule has 0 amide bonds. The van der Waals surface area contributed by atoms with Crippen molar-refractivity contribution in [2.24, 2.45) is 12.0 Å². The lowest BCUT2D eigenvalue weighted by Crippen LogP contribution is -2.36. The molecule has 2 rings (SSSR count). The average molecular weight is 399 g/mol. The second-order valence-corrected chi connectivity index (χ2v) is 4.73. The predicted molar refractivity (Wildman–Crippen MR) is 96.8 cm³/mol. The Bertz CT molecular complexity index is 591. The van der Waals surface area contributed by atoms with E-state index in [1.807, 2.05) is 25.5 Å². The van der Waals surface area contributed by atoms with Gasteiger partial charge in [-0.1, -0.05) is 24.3 Å². The van der Waals surface area contributed by atoms with Gasteiger partial charge in [0.15, 0.2) is 5.96 Å². The quantitative estimate of drug-likeness (QED) is 0.471. The molecule has 0 aliphatic heterocycles. The Kier molecular flexibility index (Phi) is 7.21. The van der Waals surface area contributed by atoms with Crippen molar-refractivity contribution in [2.75, 3.05) is 7.05 Å². The third-order valence-corrected chi connectivity index (χ3v) is 3.15. The normalized spacial score (nSPS) is 10.9. The van der Waals surface area contributed by atoms with Gasteiger partial charge in [0.2, 0.25) is 0 Å². The van der Waals surface area contributed by atoms with Crippen LogP contribution in [0.15, 0.2) is 41.7 Å². The number of aryl methyl sites for hydroxylation is 2. The minimum atomic E-state index is 0. The zero-order valence-corrected chi connectivity index (χ0v) is 15.0. The maximum atomic E-state index is 4.22. The van der Waals surface area contributed by atoms with E-state index in [0.29, 0.717) is 6.54 Å². The Morgan fingerprint density at radius 1 is 1.24 bits per heavy atom. The molecule has 1 aromatic carbocycles. The van der Waals surface area contributed by atoms with Crippen LogP contribution in [0.25, 0.3) is 0 Å². The molecule has 0 radical (unpaired) electrons. The number of rotatable bonds is 4. The van der Waals surface area contributed by atoms with Gasteiger partial charge >= 0.3 is 0 Å². The molecule has 0 unspecified atom stereocenters. The van der Waals surface area contributed by atoms with Gasteiger partial charge in [0, 0.05) is 38.9 Å². The van der Waals surface area contributed by atoms with Crippen LogP contribution in [0.4, 0.5) is 0 Å². The number of aliphatic imine (C=N–C) groups is 1. The van der Waals surface area contributed by atoms with Crippen LogP contribution in [-0.4, -0.2) is 22.8 Å². The van der Waals surface area contributed by atoms with Crippen molar-refractivity contribution in [3.63, 3.8) is 0 Å². The van der Waals surface area contributed by atoms with Crippen LogP contribution in [0.3, 0.4) is 0 Å². The Morgan fingerprint density at radius 3 is 2.57 bits per heavy atom. The topological polar surface area (TPSA) is 54.2 Å². The largest absolute Gasteiger partial charge is 0.352 e. The molecule has 2 N–H and O–H groups in total. The van der Waals surface area contributed by atoms with Crippen molar-refractivity contribution >= 4 is 29.9 Å². The third kappa shape index (κ3) is 5.37. The number of aromatic nitrogens is 2. The smallest absolute Gasteiger partial charge is 0.191 e. The maximum absolute atomic E-state index is 4.22. The molecule has 0 spiro atoms. The summed E-state index contributed by atoms with van der Waals surface area (Å²) in [6.07, 6.45) is 3.84. The number of nitrogens with one attached hydrogen (secondary N) is 2. The molecule has 21 heavy (non-hydrogen) atoms. The first-order valence-electron chi connectivity index (χ1n) is 6.65. The standard InChI is InChI=1S/C15H21N5.HI/c1-12-6-4-5-7-14(12)10-18-15(16-2)17-8-13-9-19-20(3)11-13;/h4-7,9,11H,8,10H2,1-3H3,(H2,16,17,18);1H. The van der Waals surface area contributed by atoms with Gasteiger partial charge in [0.1, 0.15) is 0 Å². The van der Waals surface area contributed by atoms with E-state index in [9.17, 15) is 0 Å². The average Bonchev–Trinajstić information content (AvgIpc) is 2.86. The second-order valence-electron chi connectivity index (χ2n) is 4.73. The van der Waals surface area contributed by atoms with E-state index < -0.39 is 0 Å². The number of halogens is 1. The van der Waals surface area contributed by atoms with Crippen LogP contribution < -0.4 is 10.6 Å². The number of hydrogen-bond donors (Lipinski definition) is 2. The van der Waals surface area contributed by atoms with Crippen LogP contribution in [0, 0.1) is 6.92 Å². The van der Waals surface area contributed by atoms with Gasteiger partial charge < -0.3 is 10.6 Å². The summed E-state index contributed by atoms with van der Waals surface area (Å²) in [4.78, 5) is 4.22. The SMILES string of the molecule is CN=C(NCc1cnn(C)c1)NCc1ccccc1C.I. The molecule has 0 saturated carbocycles. The van der Waals surface area contributed by atoms with E-state index >= 15 is 0 Å². The minimum absolute atomic E-state index is 0. The van der Waals surface area contributed by atoms with Crippen LogP contribution >= 0.6 is 24.0 Å². The molecule has 1 heterocycles. The first-order valence-corrected chi connectivity index (χ1v) is 6.65. The van der Waals surface area contributed by atoms with Gasteiger partial charge in [-0.3, -0.25) is 9.67 Å². The molecule has 6 heteroatoms. The lowest BCUT2D eigenvalue weighted by atomic mass is 10.1. The van der Waals surface area contributed by atoms with Crippen molar-refractivity contribution in [1.82, 2.24) is 20.4 Å². The van der Waals surface area contributed by atoms with Crippen molar-refractivity contribution in [2.45, 2.75) is 20.0 Å². The highest BCUT2D eigenvalue weighted by atomic mass is 127. The Balaban J connectivity index is 0.00000220. The van der Waals surface area contributed by atoms with Gasteiger partial charge in [0.25, 0.3) is 0 Å². The highest BCUT2D eigenvalue weighted by Gasteiger charge is 2.01. The van der Waals surface area contributed by atoms with Gasteiger partial charge in [-0.2, -0.15) is 5.10 Å². The summed E-state index contributed by atoms with van der Waals surface area (Å²) in [6, 6.07) is 8.34. The Hall–Kier alpha value is -1.57. The molecular weight excluding hydrogens is 377 g/mol. The van der Waals surface area contributed by atoms with Gasteiger partial charge in [-0.15, -0.1) is 24.0 Å². The van der Waals surface area contributed by atoms with Crippen molar-refractivity contribution < 1.29 is 0 Å². The first-order chi connectivity index (χ1) is 9.69. The molecule has 0 bridgehead atoms. The predicted octanol–water partition coefficient (Wildman–Crippen LogP) is 2.21. The van der Waals surface area contributed by atoms with Crippen LogP contribution in [-0.2, 0) is 20.1 Å². The van der Waals surface area contributed by atoms with Crippen molar-refractivity contribution in [3.8, 4) is 0 Å². The van der Waals surface area contributed by atoms with E-state index in [2.05, 4.69) is 45.8 Å². The molecule has 0 aliphatic carbocycles. The molecule has 1 aromatic heterocycles. The van der Waals surface area contributed by atoms with Crippen LogP contribution in [0.1, 0.15) is 16.7 Å². The maximum Gasteiger partial charge on any atom is 0.191 e. The summed E-state index contributed by atoms with van der Waals surface area (Å²) < 4.78 is 1.79. The summed E-state index contributed by atoms with van der Waals surface area (Å²) in [5.74, 6) is 0.789. The van der Waals surface area contributed by atoms with Crippen LogP contribution in [0.5, 0.6) is 0 Å². The van der Waals surface area contributed by atoms with Crippen molar-refractivity contribution in [3.05, 3.63) is 53.3 Å². The molecule has 0 atom stereocenters. The molecule has 5 nitrogen and oxygen atoms in total.